The molecule has 3 aromatic carbocycles. The molecule has 0 spiro atoms. The van der Waals surface area contributed by atoms with Crippen LogP contribution in [-0.4, -0.2) is 63.8 Å². The van der Waals surface area contributed by atoms with E-state index in [0.717, 1.165) is 54.2 Å². The highest BCUT2D eigenvalue weighted by atomic mass is 35.5. The number of halogens is 1. The molecule has 7 nitrogen and oxygen atoms in total. The molecule has 0 unspecified atom stereocenters. The zero-order chi connectivity index (χ0) is 27.2. The Hall–Kier alpha value is -2.81. The highest BCUT2D eigenvalue weighted by Crippen LogP contribution is 2.35. The normalized spacial score (nSPS) is 20.8. The van der Waals surface area contributed by atoms with Gasteiger partial charge in [-0.15, -0.1) is 0 Å². The number of ether oxygens (including phenoxy) is 4. The van der Waals surface area contributed by atoms with Crippen LogP contribution in [0.4, 0.5) is 5.69 Å². The maximum Gasteiger partial charge on any atom is 0.142 e. The van der Waals surface area contributed by atoms with E-state index >= 15 is 0 Å². The molecule has 208 valence electrons. The van der Waals surface area contributed by atoms with Gasteiger partial charge in [-0.3, -0.25) is 0 Å². The predicted octanol–water partition coefficient (Wildman–Crippen LogP) is 5.31. The van der Waals surface area contributed by atoms with Gasteiger partial charge in [-0.25, -0.2) is 0 Å². The Bertz CT molecular complexity index is 1240. The maximum atomic E-state index is 10.9. The van der Waals surface area contributed by atoms with Crippen molar-refractivity contribution < 1.29 is 24.1 Å². The number of hydrogen-bond donors (Lipinski definition) is 2. The number of hydrogen-bond acceptors (Lipinski definition) is 7. The van der Waals surface area contributed by atoms with Gasteiger partial charge in [0, 0.05) is 44.3 Å². The Labute approximate surface area is 235 Å². The second kappa shape index (κ2) is 13.0. The molecule has 1 fully saturated rings. The fourth-order valence-electron chi connectivity index (χ4n) is 5.25. The van der Waals surface area contributed by atoms with Crippen molar-refractivity contribution in [2.24, 2.45) is 0 Å². The van der Waals surface area contributed by atoms with Gasteiger partial charge >= 0.3 is 0 Å². The van der Waals surface area contributed by atoms with Crippen LogP contribution in [0.2, 0.25) is 5.02 Å². The molecule has 0 saturated carbocycles. The van der Waals surface area contributed by atoms with Crippen molar-refractivity contribution in [3.63, 3.8) is 0 Å². The summed E-state index contributed by atoms with van der Waals surface area (Å²) in [5.41, 5.74) is 4.21. The number of β-amino-alcohol motifs (C(OH)–C–C–N with tert-alkyl or cyclic N) is 1. The monoisotopic (exact) mass is 552 g/mol. The van der Waals surface area contributed by atoms with Crippen molar-refractivity contribution in [1.82, 2.24) is 5.32 Å². The molecular weight excluding hydrogens is 516 g/mol. The van der Waals surface area contributed by atoms with Crippen LogP contribution in [0, 0.1) is 6.92 Å². The third-order valence-corrected chi connectivity index (χ3v) is 7.79. The molecule has 2 aliphatic rings. The zero-order valence-electron chi connectivity index (χ0n) is 22.6. The first-order valence-corrected chi connectivity index (χ1v) is 13.9. The third-order valence-electron chi connectivity index (χ3n) is 7.38. The molecule has 3 atom stereocenters. The van der Waals surface area contributed by atoms with Crippen LogP contribution in [0.15, 0.2) is 60.7 Å². The summed E-state index contributed by atoms with van der Waals surface area (Å²) < 4.78 is 23.5. The van der Waals surface area contributed by atoms with E-state index in [9.17, 15) is 5.11 Å². The molecule has 0 aliphatic carbocycles. The number of nitrogens with one attached hydrogen (secondary N) is 1. The van der Waals surface area contributed by atoms with E-state index in [0.29, 0.717) is 42.8 Å². The molecule has 3 aromatic rings. The van der Waals surface area contributed by atoms with Crippen LogP contribution < -0.4 is 19.7 Å². The summed E-state index contributed by atoms with van der Waals surface area (Å²) in [4.78, 5) is 2.35. The first-order valence-electron chi connectivity index (χ1n) is 13.6. The lowest BCUT2D eigenvalue weighted by Gasteiger charge is -2.36. The summed E-state index contributed by atoms with van der Waals surface area (Å²) >= 11 is 6.24. The molecule has 0 bridgehead atoms. The van der Waals surface area contributed by atoms with Gasteiger partial charge in [0.05, 0.1) is 31.0 Å². The molecule has 0 amide bonds. The van der Waals surface area contributed by atoms with Gasteiger partial charge in [-0.1, -0.05) is 35.9 Å². The summed E-state index contributed by atoms with van der Waals surface area (Å²) in [5, 5.41) is 14.9. The summed E-state index contributed by atoms with van der Waals surface area (Å²) in [6, 6.07) is 19.8. The second-order valence-corrected chi connectivity index (χ2v) is 10.6. The number of piperidine rings is 1. The molecular formula is C31H37ClN2O5. The average Bonchev–Trinajstić information content (AvgIpc) is 2.95. The Morgan fingerprint density at radius 2 is 1.87 bits per heavy atom. The number of aliphatic hydroxyl groups excluding tert-OH is 1. The van der Waals surface area contributed by atoms with E-state index in [1.165, 1.54) is 0 Å². The van der Waals surface area contributed by atoms with Crippen molar-refractivity contribution in [3.8, 4) is 17.2 Å². The number of aryl methyl sites for hydroxylation is 1. The Morgan fingerprint density at radius 1 is 1.05 bits per heavy atom. The minimum Gasteiger partial charge on any atom is -0.490 e. The third kappa shape index (κ3) is 6.86. The number of benzene rings is 3. The average molecular weight is 553 g/mol. The summed E-state index contributed by atoms with van der Waals surface area (Å²) in [5.74, 6) is 2.16. The van der Waals surface area contributed by atoms with E-state index in [1.807, 2.05) is 55.5 Å². The molecule has 2 heterocycles. The van der Waals surface area contributed by atoms with Gasteiger partial charge in [0.25, 0.3) is 0 Å². The number of aliphatic hydroxyl groups is 1. The SMILES string of the molecule is COCCCN1CCOc2ccc(CO[C@H]3CNC[C@@H](O)[C@@H]3c3ccc(Oc4ccc(C)c(Cl)c4)cc3)cc21. The zero-order valence-corrected chi connectivity index (χ0v) is 23.3. The molecule has 8 heteroatoms. The number of nitrogens with zero attached hydrogens (tertiary/aromatic N) is 1. The topological polar surface area (TPSA) is 72.4 Å². The molecule has 1 saturated heterocycles. The molecule has 2 aliphatic heterocycles. The Kier molecular flexibility index (Phi) is 9.27. The summed E-state index contributed by atoms with van der Waals surface area (Å²) in [7, 11) is 1.73. The van der Waals surface area contributed by atoms with Crippen molar-refractivity contribution in [1.29, 1.82) is 0 Å². The smallest absolute Gasteiger partial charge is 0.142 e. The first kappa shape index (κ1) is 27.7. The largest absolute Gasteiger partial charge is 0.490 e. The van der Waals surface area contributed by atoms with Crippen LogP contribution in [-0.2, 0) is 16.1 Å². The number of rotatable bonds is 10. The van der Waals surface area contributed by atoms with Crippen molar-refractivity contribution in [2.75, 3.05) is 51.4 Å². The lowest BCUT2D eigenvalue weighted by Crippen LogP contribution is -2.49. The molecule has 0 radical (unpaired) electrons. The quantitative estimate of drug-likeness (QED) is 0.330. The van der Waals surface area contributed by atoms with Crippen LogP contribution in [0.1, 0.15) is 29.0 Å². The van der Waals surface area contributed by atoms with Crippen molar-refractivity contribution in [2.45, 2.75) is 38.1 Å². The van der Waals surface area contributed by atoms with Gasteiger partial charge in [0.2, 0.25) is 0 Å². The molecule has 0 aromatic heterocycles. The molecule has 5 rings (SSSR count). The van der Waals surface area contributed by atoms with Gasteiger partial charge in [-0.05, 0) is 66.4 Å². The Balaban J connectivity index is 1.25. The number of methoxy groups -OCH3 is 1. The van der Waals surface area contributed by atoms with E-state index in [-0.39, 0.29) is 12.0 Å². The number of anilines is 1. The van der Waals surface area contributed by atoms with Gasteiger partial charge in [0.1, 0.15) is 23.9 Å². The van der Waals surface area contributed by atoms with E-state index < -0.39 is 6.10 Å². The van der Waals surface area contributed by atoms with E-state index in [1.54, 1.807) is 7.11 Å². The maximum absolute atomic E-state index is 10.9. The minimum atomic E-state index is -0.556. The second-order valence-electron chi connectivity index (χ2n) is 10.2. The van der Waals surface area contributed by atoms with E-state index in [2.05, 4.69) is 22.3 Å². The fraction of sp³-hybridized carbons (Fsp3) is 0.419. The standard InChI is InChI=1S/C31H37ClN2O5/c1-21-4-8-25(17-26(21)32)39-24-9-6-23(7-10-24)31-28(35)18-33-19-30(31)38-20-22-5-11-29-27(16-22)34(13-15-37-29)12-3-14-36-2/h4-11,16-17,28,30-31,33,35H,3,12-15,18-20H2,1-2H3/t28-,30+,31+/m1/s1. The van der Waals surface area contributed by atoms with Crippen molar-refractivity contribution >= 4 is 17.3 Å². The molecule has 39 heavy (non-hydrogen) atoms. The van der Waals surface area contributed by atoms with Crippen molar-refractivity contribution in [3.05, 3.63) is 82.4 Å². The van der Waals surface area contributed by atoms with Crippen LogP contribution in [0.25, 0.3) is 0 Å². The Morgan fingerprint density at radius 3 is 2.67 bits per heavy atom. The highest BCUT2D eigenvalue weighted by molar-refractivity contribution is 6.31. The van der Waals surface area contributed by atoms with E-state index in [4.69, 9.17) is 30.5 Å². The lowest BCUT2D eigenvalue weighted by molar-refractivity contribution is -0.0328. The number of fused-ring (bicyclic) bond motifs is 1. The minimum absolute atomic E-state index is 0.152. The van der Waals surface area contributed by atoms with Crippen LogP contribution in [0.5, 0.6) is 17.2 Å². The fourth-order valence-corrected chi connectivity index (χ4v) is 5.42. The summed E-state index contributed by atoms with van der Waals surface area (Å²) in [6.07, 6.45) is 0.230. The predicted molar refractivity (Wildman–Crippen MR) is 154 cm³/mol. The lowest BCUT2D eigenvalue weighted by atomic mass is 9.85. The first-order chi connectivity index (χ1) is 19.0. The summed E-state index contributed by atoms with van der Waals surface area (Å²) in [6.45, 7) is 6.81. The molecule has 2 N–H and O–H groups in total. The van der Waals surface area contributed by atoms with Crippen LogP contribution in [0.3, 0.4) is 0 Å². The highest BCUT2D eigenvalue weighted by Gasteiger charge is 2.34. The van der Waals surface area contributed by atoms with Gasteiger partial charge in [-0.2, -0.15) is 0 Å². The van der Waals surface area contributed by atoms with Gasteiger partial charge < -0.3 is 34.3 Å². The van der Waals surface area contributed by atoms with Crippen LogP contribution >= 0.6 is 11.6 Å². The van der Waals surface area contributed by atoms with Gasteiger partial charge in [0.15, 0.2) is 0 Å².